The van der Waals surface area contributed by atoms with E-state index in [1.165, 1.54) is 11.1 Å². The van der Waals surface area contributed by atoms with Crippen molar-refractivity contribution >= 4 is 0 Å². The molecule has 3 rings (SSSR count). The third-order valence-electron chi connectivity index (χ3n) is 4.39. The molecule has 0 saturated carbocycles. The van der Waals surface area contributed by atoms with Gasteiger partial charge in [-0.05, 0) is 25.0 Å². The first-order valence-corrected chi connectivity index (χ1v) is 7.38. The van der Waals surface area contributed by atoms with Crippen molar-refractivity contribution in [3.8, 4) is 0 Å². The number of nitrogens with one attached hydrogen (secondary N) is 1. The molecule has 0 aromatic heterocycles. The number of nitrogens with zero attached hydrogens (tertiary/aromatic N) is 1. The van der Waals surface area contributed by atoms with E-state index in [0.717, 1.165) is 32.8 Å². The lowest BCUT2D eigenvalue weighted by Crippen LogP contribution is -2.50. The Hall–Kier alpha value is -0.900. The predicted octanol–water partition coefficient (Wildman–Crippen LogP) is 1.98. The largest absolute Gasteiger partial charge is 0.376 e. The van der Waals surface area contributed by atoms with Crippen LogP contribution in [0.1, 0.15) is 30.9 Å². The molecule has 3 nitrogen and oxygen atoms in total. The molecule has 0 radical (unpaired) electrons. The summed E-state index contributed by atoms with van der Waals surface area (Å²) in [6.45, 7) is 9.61. The van der Waals surface area contributed by atoms with Gasteiger partial charge in [0, 0.05) is 38.1 Å². The predicted molar refractivity (Wildman–Crippen MR) is 77.3 cm³/mol. The van der Waals surface area contributed by atoms with E-state index < -0.39 is 0 Å². The summed E-state index contributed by atoms with van der Waals surface area (Å²) in [5.41, 5.74) is 3.00. The molecule has 2 aliphatic heterocycles. The van der Waals surface area contributed by atoms with E-state index in [2.05, 4.69) is 48.3 Å². The first kappa shape index (κ1) is 13.1. The van der Waals surface area contributed by atoms with Gasteiger partial charge in [-0.3, -0.25) is 4.90 Å². The van der Waals surface area contributed by atoms with Gasteiger partial charge in [0.15, 0.2) is 0 Å². The van der Waals surface area contributed by atoms with Crippen LogP contribution in [0.25, 0.3) is 0 Å². The van der Waals surface area contributed by atoms with Crippen LogP contribution < -0.4 is 5.32 Å². The number of morpholine rings is 1. The molecule has 3 atom stereocenters. The monoisotopic (exact) mass is 260 g/mol. The van der Waals surface area contributed by atoms with Crippen LogP contribution in [-0.4, -0.2) is 43.3 Å². The molecule has 2 aliphatic rings. The summed E-state index contributed by atoms with van der Waals surface area (Å²) in [5, 5.41) is 3.55. The Kier molecular flexibility index (Phi) is 3.87. The Balaban J connectivity index is 1.73. The van der Waals surface area contributed by atoms with Gasteiger partial charge in [0.2, 0.25) is 0 Å². The summed E-state index contributed by atoms with van der Waals surface area (Å²) >= 11 is 0. The molecular weight excluding hydrogens is 236 g/mol. The minimum Gasteiger partial charge on any atom is -0.376 e. The lowest BCUT2D eigenvalue weighted by molar-refractivity contribution is -0.0513. The van der Waals surface area contributed by atoms with Crippen LogP contribution >= 0.6 is 0 Å². The highest BCUT2D eigenvalue weighted by Crippen LogP contribution is 2.26. The zero-order valence-corrected chi connectivity index (χ0v) is 11.9. The standard InChI is InChI=1S/C16H24N2O/c1-12-11-19-13(2)9-18(12)10-15-8-17-7-14-5-3-4-6-16(14)15/h3-6,12-13,15,17H,7-11H2,1-2H3. The maximum atomic E-state index is 5.72. The van der Waals surface area contributed by atoms with E-state index in [1.54, 1.807) is 0 Å². The third-order valence-corrected chi connectivity index (χ3v) is 4.39. The highest BCUT2D eigenvalue weighted by Gasteiger charge is 2.28. The second-order valence-corrected chi connectivity index (χ2v) is 5.97. The molecule has 1 aromatic carbocycles. The first-order chi connectivity index (χ1) is 9.24. The highest BCUT2D eigenvalue weighted by atomic mass is 16.5. The van der Waals surface area contributed by atoms with Crippen molar-refractivity contribution < 1.29 is 4.74 Å². The van der Waals surface area contributed by atoms with Crippen molar-refractivity contribution in [1.29, 1.82) is 0 Å². The van der Waals surface area contributed by atoms with Gasteiger partial charge >= 0.3 is 0 Å². The van der Waals surface area contributed by atoms with Gasteiger partial charge in [0.05, 0.1) is 12.7 Å². The molecule has 0 amide bonds. The maximum Gasteiger partial charge on any atom is 0.0674 e. The molecule has 1 aromatic rings. The van der Waals surface area contributed by atoms with E-state index in [-0.39, 0.29) is 0 Å². The Morgan fingerprint density at radius 3 is 3.05 bits per heavy atom. The molecule has 3 heteroatoms. The molecule has 0 aliphatic carbocycles. The molecule has 1 fully saturated rings. The van der Waals surface area contributed by atoms with Crippen molar-refractivity contribution in [3.63, 3.8) is 0 Å². The third kappa shape index (κ3) is 2.83. The smallest absolute Gasteiger partial charge is 0.0674 e. The summed E-state index contributed by atoms with van der Waals surface area (Å²) in [6.07, 6.45) is 0.364. The zero-order chi connectivity index (χ0) is 13.2. The number of fused-ring (bicyclic) bond motifs is 1. The molecule has 2 heterocycles. The Labute approximate surface area is 115 Å². The van der Waals surface area contributed by atoms with E-state index in [4.69, 9.17) is 4.74 Å². The Bertz CT molecular complexity index is 435. The number of hydrogen-bond donors (Lipinski definition) is 1. The Morgan fingerprint density at radius 1 is 1.32 bits per heavy atom. The molecule has 0 spiro atoms. The molecule has 0 bridgehead atoms. The fourth-order valence-electron chi connectivity index (χ4n) is 3.26. The molecule has 104 valence electrons. The zero-order valence-electron chi connectivity index (χ0n) is 11.9. The van der Waals surface area contributed by atoms with Crippen LogP contribution in [0.2, 0.25) is 0 Å². The van der Waals surface area contributed by atoms with Crippen molar-refractivity contribution in [1.82, 2.24) is 10.2 Å². The van der Waals surface area contributed by atoms with Gasteiger partial charge in [-0.2, -0.15) is 0 Å². The van der Waals surface area contributed by atoms with Gasteiger partial charge in [-0.25, -0.2) is 0 Å². The molecule has 1 N–H and O–H groups in total. The van der Waals surface area contributed by atoms with E-state index in [9.17, 15) is 0 Å². The first-order valence-electron chi connectivity index (χ1n) is 7.38. The van der Waals surface area contributed by atoms with Gasteiger partial charge in [-0.1, -0.05) is 24.3 Å². The lowest BCUT2D eigenvalue weighted by Gasteiger charge is -2.40. The Morgan fingerprint density at radius 2 is 2.16 bits per heavy atom. The van der Waals surface area contributed by atoms with Gasteiger partial charge in [-0.15, -0.1) is 0 Å². The number of ether oxygens (including phenoxy) is 1. The van der Waals surface area contributed by atoms with Crippen LogP contribution in [0, 0.1) is 0 Å². The highest BCUT2D eigenvalue weighted by molar-refractivity contribution is 5.33. The topological polar surface area (TPSA) is 24.5 Å². The summed E-state index contributed by atoms with van der Waals surface area (Å²) in [5.74, 6) is 0.609. The minimum atomic E-state index is 0.364. The van der Waals surface area contributed by atoms with Crippen molar-refractivity contribution in [2.24, 2.45) is 0 Å². The lowest BCUT2D eigenvalue weighted by atomic mass is 9.90. The van der Waals surface area contributed by atoms with Crippen LogP contribution in [0.5, 0.6) is 0 Å². The van der Waals surface area contributed by atoms with E-state index in [0.29, 0.717) is 18.1 Å². The van der Waals surface area contributed by atoms with E-state index in [1.807, 2.05) is 0 Å². The fraction of sp³-hybridized carbons (Fsp3) is 0.625. The molecule has 1 saturated heterocycles. The van der Waals surface area contributed by atoms with Gasteiger partial charge in [0.1, 0.15) is 0 Å². The van der Waals surface area contributed by atoms with Crippen LogP contribution in [0.15, 0.2) is 24.3 Å². The van der Waals surface area contributed by atoms with Crippen molar-refractivity contribution in [2.75, 3.05) is 26.2 Å². The quantitative estimate of drug-likeness (QED) is 0.880. The second-order valence-electron chi connectivity index (χ2n) is 5.97. The molecule has 19 heavy (non-hydrogen) atoms. The SMILES string of the molecule is CC1CN(CC2CNCc3ccccc32)C(C)CO1. The molecule has 3 unspecified atom stereocenters. The molecular formula is C16H24N2O. The van der Waals surface area contributed by atoms with Crippen LogP contribution in [0.4, 0.5) is 0 Å². The number of hydrogen-bond acceptors (Lipinski definition) is 3. The van der Waals surface area contributed by atoms with Gasteiger partial charge in [0.25, 0.3) is 0 Å². The fourth-order valence-corrected chi connectivity index (χ4v) is 3.26. The van der Waals surface area contributed by atoms with Crippen molar-refractivity contribution in [3.05, 3.63) is 35.4 Å². The minimum absolute atomic E-state index is 0.364. The average molecular weight is 260 g/mol. The normalized spacial score (nSPS) is 32.0. The van der Waals surface area contributed by atoms with Gasteiger partial charge < -0.3 is 10.1 Å². The number of benzene rings is 1. The summed E-state index contributed by atoms with van der Waals surface area (Å²) in [4.78, 5) is 2.59. The number of rotatable bonds is 2. The summed E-state index contributed by atoms with van der Waals surface area (Å²) in [7, 11) is 0. The van der Waals surface area contributed by atoms with Crippen LogP contribution in [-0.2, 0) is 11.3 Å². The van der Waals surface area contributed by atoms with Crippen LogP contribution in [0.3, 0.4) is 0 Å². The summed E-state index contributed by atoms with van der Waals surface area (Å²) in [6, 6.07) is 9.39. The summed E-state index contributed by atoms with van der Waals surface area (Å²) < 4.78 is 5.72. The van der Waals surface area contributed by atoms with Crippen molar-refractivity contribution in [2.45, 2.75) is 38.5 Å². The average Bonchev–Trinajstić information content (AvgIpc) is 2.43. The maximum absolute atomic E-state index is 5.72. The second kappa shape index (κ2) is 5.61. The van der Waals surface area contributed by atoms with E-state index >= 15 is 0 Å².